The maximum absolute atomic E-state index is 12.7. The minimum Gasteiger partial charge on any atom is -0.480 e. The number of unbranched alkanes of at least 4 members (excludes halogenated alkanes) is 22. The lowest BCUT2D eigenvalue weighted by Crippen LogP contribution is -2.34. The van der Waals surface area contributed by atoms with E-state index in [1.165, 1.54) is 103 Å². The van der Waals surface area contributed by atoms with Crippen LogP contribution in [0.2, 0.25) is 0 Å². The molecule has 0 aliphatic heterocycles. The van der Waals surface area contributed by atoms with E-state index in [0.717, 1.165) is 89.9 Å². The summed E-state index contributed by atoms with van der Waals surface area (Å²) in [6, 6.07) is -1.48. The van der Waals surface area contributed by atoms with Gasteiger partial charge in [-0.05, 0) is 89.9 Å². The molecule has 0 aromatic carbocycles. The van der Waals surface area contributed by atoms with Gasteiger partial charge in [-0.15, -0.1) is 0 Å². The van der Waals surface area contributed by atoms with Crippen LogP contribution in [0.1, 0.15) is 219 Å². The van der Waals surface area contributed by atoms with E-state index in [1.54, 1.807) is 0 Å². The molecule has 0 aliphatic rings. The molecule has 0 amide bonds. The molecule has 0 aliphatic carbocycles. The number of esters is 1. The minimum atomic E-state index is -4.63. The second-order valence-corrected chi connectivity index (χ2v) is 19.1. The number of carboxylic acid groups (broad SMARTS) is 1. The molecule has 0 saturated heterocycles. The zero-order valence-corrected chi connectivity index (χ0v) is 43.4. The van der Waals surface area contributed by atoms with Gasteiger partial charge < -0.3 is 25.2 Å². The number of carboxylic acids is 1. The molecule has 0 fully saturated rings. The number of hydrogen-bond acceptors (Lipinski definition) is 8. The van der Waals surface area contributed by atoms with Crippen LogP contribution in [0.25, 0.3) is 0 Å². The number of allylic oxidation sites excluding steroid dienone is 14. The van der Waals surface area contributed by atoms with Crippen LogP contribution in [0.15, 0.2) is 85.1 Å². The Labute approximate surface area is 409 Å². The maximum Gasteiger partial charge on any atom is 0.472 e. The van der Waals surface area contributed by atoms with E-state index < -0.39 is 45.1 Å². The molecule has 0 saturated carbocycles. The van der Waals surface area contributed by atoms with Crippen LogP contribution < -0.4 is 5.73 Å². The Hall–Kier alpha value is -2.85. The molecular weight excluding hydrogens is 862 g/mol. The average Bonchev–Trinajstić information content (AvgIpc) is 3.31. The van der Waals surface area contributed by atoms with E-state index in [-0.39, 0.29) is 13.0 Å². The normalized spacial score (nSPS) is 14.3. The van der Waals surface area contributed by atoms with Crippen molar-refractivity contribution >= 4 is 19.8 Å². The fourth-order valence-electron chi connectivity index (χ4n) is 7.07. The molecule has 0 rings (SSSR count). The van der Waals surface area contributed by atoms with Crippen molar-refractivity contribution in [3.8, 4) is 0 Å². The van der Waals surface area contributed by atoms with Crippen molar-refractivity contribution in [3.05, 3.63) is 85.1 Å². The summed E-state index contributed by atoms with van der Waals surface area (Å²) in [6.45, 7) is 3.75. The highest BCUT2D eigenvalue weighted by molar-refractivity contribution is 7.47. The Balaban J connectivity index is 4.16. The monoisotopic (exact) mass is 960 g/mol. The summed E-state index contributed by atoms with van der Waals surface area (Å²) in [5.41, 5.74) is 5.38. The Bertz CT molecular complexity index is 1390. The highest BCUT2D eigenvalue weighted by atomic mass is 31.2. The molecule has 0 aromatic heterocycles. The van der Waals surface area contributed by atoms with Gasteiger partial charge in [0.15, 0.2) is 0 Å². The van der Waals surface area contributed by atoms with E-state index in [2.05, 4.69) is 98.9 Å². The third-order valence-corrected chi connectivity index (χ3v) is 12.1. The third kappa shape index (κ3) is 50.8. The predicted octanol–water partition coefficient (Wildman–Crippen LogP) is 15.9. The van der Waals surface area contributed by atoms with Crippen LogP contribution in [-0.4, -0.2) is 60.5 Å². The van der Waals surface area contributed by atoms with Gasteiger partial charge in [-0.2, -0.15) is 0 Å². The van der Waals surface area contributed by atoms with Crippen molar-refractivity contribution in [2.75, 3.05) is 26.4 Å². The summed E-state index contributed by atoms with van der Waals surface area (Å²) < 4.78 is 33.5. The lowest BCUT2D eigenvalue weighted by Gasteiger charge is -2.20. The SMILES string of the molecule is CC/C=C\C/C=C\C/C=C\C/C=C\CCCCCCCCCCC(=O)OC(COCCCCCCCCCCC/C=C\C/C=C\C/C=C\CCCCCCC)COP(=O)(O)OCC(N)C(=O)O. The average molecular weight is 960 g/mol. The summed E-state index contributed by atoms with van der Waals surface area (Å²) in [6.07, 6.45) is 66.4. The Morgan fingerprint density at radius 3 is 1.30 bits per heavy atom. The number of aliphatic carboxylic acids is 1. The van der Waals surface area contributed by atoms with Gasteiger partial charge in [0.25, 0.3) is 0 Å². The molecule has 3 unspecified atom stereocenters. The molecule has 0 bridgehead atoms. The lowest BCUT2D eigenvalue weighted by atomic mass is 10.1. The Morgan fingerprint density at radius 1 is 0.493 bits per heavy atom. The van der Waals surface area contributed by atoms with Gasteiger partial charge in [-0.25, -0.2) is 4.57 Å². The first kappa shape index (κ1) is 64.2. The van der Waals surface area contributed by atoms with Gasteiger partial charge in [-0.3, -0.25) is 18.6 Å². The smallest absolute Gasteiger partial charge is 0.472 e. The number of carbonyl (C=O) groups excluding carboxylic acids is 1. The molecule has 11 heteroatoms. The fraction of sp³-hybridized carbons (Fsp3) is 0.714. The molecule has 0 aromatic rings. The van der Waals surface area contributed by atoms with Gasteiger partial charge in [0.05, 0.1) is 19.8 Å². The zero-order valence-electron chi connectivity index (χ0n) is 42.5. The van der Waals surface area contributed by atoms with Crippen LogP contribution in [0.5, 0.6) is 0 Å². The number of hydrogen-bond donors (Lipinski definition) is 3. The molecule has 0 spiro atoms. The van der Waals surface area contributed by atoms with Crippen LogP contribution in [0, 0.1) is 0 Å². The zero-order chi connectivity index (χ0) is 49.0. The van der Waals surface area contributed by atoms with Gasteiger partial charge in [0.2, 0.25) is 0 Å². The highest BCUT2D eigenvalue weighted by Gasteiger charge is 2.27. The van der Waals surface area contributed by atoms with Gasteiger partial charge in [0, 0.05) is 13.0 Å². The van der Waals surface area contributed by atoms with Gasteiger partial charge in [-0.1, -0.05) is 208 Å². The van der Waals surface area contributed by atoms with Gasteiger partial charge >= 0.3 is 19.8 Å². The van der Waals surface area contributed by atoms with Crippen molar-refractivity contribution in [3.63, 3.8) is 0 Å². The number of rotatable bonds is 50. The number of ether oxygens (including phenoxy) is 2. The first-order valence-electron chi connectivity index (χ1n) is 26.6. The standard InChI is InChI=1S/C56H98NO9P/c1-3-5-7-9-11-13-15-17-19-21-23-25-26-27-29-31-33-35-37-39-41-43-45-47-49-63-50-53(51-64-67(61,62)65-52-54(57)56(59)60)66-55(58)48-46-44-42-40-38-36-34-32-30-28-24-22-20-18-16-14-12-10-8-6-4-2/h6,8,12,14-15,17-18,20-21,23-24,26-28,53-54H,3-5,7,9-11,13,16,19,22,25,29-52,57H2,1-2H3,(H,59,60)(H,61,62)/b8-6-,14-12-,17-15-,20-18-,23-21-,27-26-,28-24-. The van der Waals surface area contributed by atoms with Crippen molar-refractivity contribution in [2.24, 2.45) is 5.73 Å². The van der Waals surface area contributed by atoms with E-state index in [9.17, 15) is 19.0 Å². The van der Waals surface area contributed by atoms with E-state index in [1.807, 2.05) is 0 Å². The number of phosphoric acid groups is 1. The number of carbonyl (C=O) groups is 2. The quantitative estimate of drug-likeness (QED) is 0.0232. The number of nitrogens with two attached hydrogens (primary N) is 1. The highest BCUT2D eigenvalue weighted by Crippen LogP contribution is 2.43. The first-order valence-corrected chi connectivity index (χ1v) is 28.1. The molecule has 3 atom stereocenters. The summed E-state index contributed by atoms with van der Waals surface area (Å²) in [5.74, 6) is -1.79. The maximum atomic E-state index is 12.7. The predicted molar refractivity (Wildman–Crippen MR) is 281 cm³/mol. The molecule has 10 nitrogen and oxygen atoms in total. The summed E-state index contributed by atoms with van der Waals surface area (Å²) in [4.78, 5) is 33.7. The summed E-state index contributed by atoms with van der Waals surface area (Å²) in [7, 11) is -4.63. The second kappa shape index (κ2) is 51.0. The molecule has 386 valence electrons. The van der Waals surface area contributed by atoms with Crippen LogP contribution in [0.4, 0.5) is 0 Å². The lowest BCUT2D eigenvalue weighted by molar-refractivity contribution is -0.154. The summed E-state index contributed by atoms with van der Waals surface area (Å²) in [5, 5.41) is 8.94. The molecule has 67 heavy (non-hydrogen) atoms. The number of phosphoric ester groups is 1. The van der Waals surface area contributed by atoms with Crippen molar-refractivity contribution in [2.45, 2.75) is 231 Å². The summed E-state index contributed by atoms with van der Waals surface area (Å²) >= 11 is 0. The van der Waals surface area contributed by atoms with E-state index in [0.29, 0.717) is 13.0 Å². The minimum absolute atomic E-state index is 0.00546. The fourth-order valence-corrected chi connectivity index (χ4v) is 7.85. The Morgan fingerprint density at radius 2 is 0.866 bits per heavy atom. The topological polar surface area (TPSA) is 155 Å². The second-order valence-electron chi connectivity index (χ2n) is 17.6. The van der Waals surface area contributed by atoms with E-state index >= 15 is 0 Å². The molecular formula is C56H98NO9P. The van der Waals surface area contributed by atoms with Crippen molar-refractivity contribution < 1.29 is 42.7 Å². The molecule has 0 radical (unpaired) electrons. The molecule has 0 heterocycles. The van der Waals surface area contributed by atoms with Crippen LogP contribution >= 0.6 is 7.82 Å². The first-order chi connectivity index (χ1) is 32.7. The molecule has 4 N–H and O–H groups in total. The van der Waals surface area contributed by atoms with Crippen molar-refractivity contribution in [1.82, 2.24) is 0 Å². The van der Waals surface area contributed by atoms with Crippen LogP contribution in [0.3, 0.4) is 0 Å². The van der Waals surface area contributed by atoms with Gasteiger partial charge in [0.1, 0.15) is 12.1 Å². The van der Waals surface area contributed by atoms with E-state index in [4.69, 9.17) is 29.4 Å². The largest absolute Gasteiger partial charge is 0.480 e. The van der Waals surface area contributed by atoms with Crippen molar-refractivity contribution in [1.29, 1.82) is 0 Å². The third-order valence-electron chi connectivity index (χ3n) is 11.2. The van der Waals surface area contributed by atoms with Crippen LogP contribution in [-0.2, 0) is 32.7 Å². The Kier molecular flexibility index (Phi) is 48.8.